The van der Waals surface area contributed by atoms with E-state index in [0.29, 0.717) is 5.56 Å². The number of esters is 1. The fourth-order valence-corrected chi connectivity index (χ4v) is 1.57. The van der Waals surface area contributed by atoms with Gasteiger partial charge in [-0.1, -0.05) is 6.07 Å². The Labute approximate surface area is 88.7 Å². The van der Waals surface area contributed by atoms with Crippen molar-refractivity contribution >= 4 is 18.6 Å². The second kappa shape index (κ2) is 4.05. The third-order valence-corrected chi connectivity index (χ3v) is 2.69. The van der Waals surface area contributed by atoms with Gasteiger partial charge < -0.3 is 4.74 Å². The van der Waals surface area contributed by atoms with Crippen LogP contribution in [0.25, 0.3) is 0 Å². The molecule has 0 heterocycles. The van der Waals surface area contributed by atoms with E-state index in [1.54, 1.807) is 18.2 Å². The van der Waals surface area contributed by atoms with Crippen LogP contribution in [0.2, 0.25) is 0 Å². The molecule has 1 aliphatic rings. The van der Waals surface area contributed by atoms with E-state index in [2.05, 4.69) is 12.6 Å². The molecule has 0 radical (unpaired) electrons. The number of hydrogen-bond donors (Lipinski definition) is 1. The molecule has 0 bridgehead atoms. The summed E-state index contributed by atoms with van der Waals surface area (Å²) in [6, 6.07) is 7.12. The van der Waals surface area contributed by atoms with Crippen LogP contribution < -0.4 is 0 Å². The van der Waals surface area contributed by atoms with E-state index in [0.717, 1.165) is 17.7 Å². The Morgan fingerprint density at radius 3 is 2.79 bits per heavy atom. The summed E-state index contributed by atoms with van der Waals surface area (Å²) >= 11 is 4.17. The first kappa shape index (κ1) is 9.59. The van der Waals surface area contributed by atoms with E-state index in [9.17, 15) is 4.79 Å². The van der Waals surface area contributed by atoms with Crippen LogP contribution in [0.1, 0.15) is 29.6 Å². The van der Waals surface area contributed by atoms with Crippen LogP contribution in [0.15, 0.2) is 29.2 Å². The van der Waals surface area contributed by atoms with Gasteiger partial charge in [-0.2, -0.15) is 0 Å². The molecule has 2 nitrogen and oxygen atoms in total. The van der Waals surface area contributed by atoms with Crippen LogP contribution in [-0.2, 0) is 4.74 Å². The fourth-order valence-electron chi connectivity index (χ4n) is 1.34. The molecule has 1 aromatic carbocycles. The van der Waals surface area contributed by atoms with Crippen LogP contribution in [0.3, 0.4) is 0 Å². The molecule has 0 N–H and O–H groups in total. The van der Waals surface area contributed by atoms with E-state index < -0.39 is 0 Å². The highest BCUT2D eigenvalue weighted by atomic mass is 32.1. The largest absolute Gasteiger partial charge is 0.459 e. The Kier molecular flexibility index (Phi) is 2.77. The summed E-state index contributed by atoms with van der Waals surface area (Å²) in [4.78, 5) is 12.3. The van der Waals surface area contributed by atoms with Gasteiger partial charge in [0.15, 0.2) is 0 Å². The molecule has 0 unspecified atom stereocenters. The van der Waals surface area contributed by atoms with E-state index in [1.807, 2.05) is 6.07 Å². The van der Waals surface area contributed by atoms with E-state index in [-0.39, 0.29) is 12.1 Å². The highest BCUT2D eigenvalue weighted by Crippen LogP contribution is 2.23. The monoisotopic (exact) mass is 208 g/mol. The second-order valence-electron chi connectivity index (χ2n) is 3.51. The van der Waals surface area contributed by atoms with Crippen molar-refractivity contribution in [3.8, 4) is 0 Å². The predicted molar refractivity (Wildman–Crippen MR) is 56.7 cm³/mol. The lowest BCUT2D eigenvalue weighted by Gasteiger charge is -2.25. The van der Waals surface area contributed by atoms with Crippen molar-refractivity contribution in [3.63, 3.8) is 0 Å². The van der Waals surface area contributed by atoms with Gasteiger partial charge in [0.25, 0.3) is 0 Å². The lowest BCUT2D eigenvalue weighted by Crippen LogP contribution is -2.25. The SMILES string of the molecule is O=C(OC1CCC1)c1cccc(S)c1. The first-order valence-corrected chi connectivity index (χ1v) is 5.20. The molecule has 1 aliphatic carbocycles. The first-order valence-electron chi connectivity index (χ1n) is 4.76. The van der Waals surface area contributed by atoms with Gasteiger partial charge in [0.1, 0.15) is 6.10 Å². The molecule has 0 atom stereocenters. The van der Waals surface area contributed by atoms with Crippen molar-refractivity contribution in [3.05, 3.63) is 29.8 Å². The lowest BCUT2D eigenvalue weighted by atomic mass is 9.96. The molecule has 1 saturated carbocycles. The second-order valence-corrected chi connectivity index (χ2v) is 4.02. The fraction of sp³-hybridized carbons (Fsp3) is 0.364. The van der Waals surface area contributed by atoms with Crippen LogP contribution in [-0.4, -0.2) is 12.1 Å². The number of hydrogen-bond acceptors (Lipinski definition) is 3. The summed E-state index contributed by atoms with van der Waals surface area (Å²) in [6.45, 7) is 0. The molecule has 0 amide bonds. The molecule has 0 saturated heterocycles. The van der Waals surface area contributed by atoms with Crippen LogP contribution in [0.5, 0.6) is 0 Å². The Hall–Kier alpha value is -0.960. The summed E-state index contributed by atoms with van der Waals surface area (Å²) in [6.07, 6.45) is 3.33. The molecule has 74 valence electrons. The zero-order valence-electron chi connectivity index (χ0n) is 7.77. The summed E-state index contributed by atoms with van der Waals surface area (Å²) in [5.41, 5.74) is 0.587. The highest BCUT2D eigenvalue weighted by molar-refractivity contribution is 7.80. The van der Waals surface area contributed by atoms with Crippen molar-refractivity contribution in [1.82, 2.24) is 0 Å². The quantitative estimate of drug-likeness (QED) is 0.597. The molecule has 0 aromatic heterocycles. The number of carbonyl (C=O) groups excluding carboxylic acids is 1. The molecular formula is C11H12O2S. The molecular weight excluding hydrogens is 196 g/mol. The minimum Gasteiger partial charge on any atom is -0.459 e. The maximum atomic E-state index is 11.5. The number of ether oxygens (including phenoxy) is 1. The first-order chi connectivity index (χ1) is 6.75. The number of carbonyl (C=O) groups is 1. The predicted octanol–water partition coefficient (Wildman–Crippen LogP) is 2.68. The average molecular weight is 208 g/mol. The van der Waals surface area contributed by atoms with Gasteiger partial charge in [-0.3, -0.25) is 0 Å². The Bertz CT molecular complexity index is 345. The Balaban J connectivity index is 2.02. The Morgan fingerprint density at radius 1 is 1.43 bits per heavy atom. The molecule has 1 aromatic rings. The smallest absolute Gasteiger partial charge is 0.338 e. The molecule has 0 spiro atoms. The summed E-state index contributed by atoms with van der Waals surface area (Å²) in [7, 11) is 0. The number of thiol groups is 1. The minimum absolute atomic E-state index is 0.145. The average Bonchev–Trinajstić information content (AvgIpc) is 2.11. The highest BCUT2D eigenvalue weighted by Gasteiger charge is 2.22. The van der Waals surface area contributed by atoms with Gasteiger partial charge in [-0.25, -0.2) is 4.79 Å². The molecule has 2 rings (SSSR count). The van der Waals surface area contributed by atoms with Crippen molar-refractivity contribution < 1.29 is 9.53 Å². The van der Waals surface area contributed by atoms with Crippen LogP contribution in [0, 0.1) is 0 Å². The van der Waals surface area contributed by atoms with Gasteiger partial charge in [0.05, 0.1) is 5.56 Å². The summed E-state index contributed by atoms with van der Waals surface area (Å²) in [5, 5.41) is 0. The standard InChI is InChI=1S/C11H12O2S/c12-11(13-9-4-2-5-9)8-3-1-6-10(14)7-8/h1,3,6-7,9,14H,2,4-5H2. The lowest BCUT2D eigenvalue weighted by molar-refractivity contribution is 0.00898. The summed E-state index contributed by atoms with van der Waals surface area (Å²) in [5.74, 6) is -0.231. The zero-order chi connectivity index (χ0) is 9.97. The van der Waals surface area contributed by atoms with E-state index in [4.69, 9.17) is 4.74 Å². The van der Waals surface area contributed by atoms with Crippen LogP contribution >= 0.6 is 12.6 Å². The van der Waals surface area contributed by atoms with E-state index >= 15 is 0 Å². The van der Waals surface area contributed by atoms with Crippen LogP contribution in [0.4, 0.5) is 0 Å². The van der Waals surface area contributed by atoms with Crippen molar-refractivity contribution in [1.29, 1.82) is 0 Å². The van der Waals surface area contributed by atoms with Gasteiger partial charge in [-0.15, -0.1) is 12.6 Å². The van der Waals surface area contributed by atoms with Gasteiger partial charge in [0.2, 0.25) is 0 Å². The van der Waals surface area contributed by atoms with Crippen molar-refractivity contribution in [2.45, 2.75) is 30.3 Å². The number of rotatable bonds is 2. The third kappa shape index (κ3) is 2.10. The zero-order valence-corrected chi connectivity index (χ0v) is 8.67. The van der Waals surface area contributed by atoms with E-state index in [1.165, 1.54) is 6.42 Å². The molecule has 14 heavy (non-hydrogen) atoms. The van der Waals surface area contributed by atoms with Gasteiger partial charge in [-0.05, 0) is 37.5 Å². The normalized spacial score (nSPS) is 16.1. The topological polar surface area (TPSA) is 26.3 Å². The maximum Gasteiger partial charge on any atom is 0.338 e. The van der Waals surface area contributed by atoms with Gasteiger partial charge >= 0.3 is 5.97 Å². The minimum atomic E-state index is -0.231. The van der Waals surface area contributed by atoms with Crippen molar-refractivity contribution in [2.24, 2.45) is 0 Å². The Morgan fingerprint density at radius 2 is 2.21 bits per heavy atom. The molecule has 3 heteroatoms. The maximum absolute atomic E-state index is 11.5. The van der Waals surface area contributed by atoms with Gasteiger partial charge in [0, 0.05) is 4.90 Å². The molecule has 0 aliphatic heterocycles. The number of benzene rings is 1. The third-order valence-electron chi connectivity index (χ3n) is 2.41. The molecule has 1 fully saturated rings. The summed E-state index contributed by atoms with van der Waals surface area (Å²) < 4.78 is 5.25. The van der Waals surface area contributed by atoms with Crippen molar-refractivity contribution in [2.75, 3.05) is 0 Å².